The summed E-state index contributed by atoms with van der Waals surface area (Å²) >= 11 is 7.11. The number of hydrogen-bond donors (Lipinski definition) is 1. The van der Waals surface area contributed by atoms with Crippen LogP contribution in [0.5, 0.6) is 0 Å². The van der Waals surface area contributed by atoms with Crippen molar-refractivity contribution in [2.75, 3.05) is 12.0 Å². The number of nitrogens with zero attached hydrogens (tertiary/aromatic N) is 2. The second-order valence-corrected chi connectivity index (χ2v) is 5.19. The van der Waals surface area contributed by atoms with Gasteiger partial charge in [0.15, 0.2) is 10.6 Å². The maximum absolute atomic E-state index is 5.30. The van der Waals surface area contributed by atoms with Gasteiger partial charge in [0.2, 0.25) is 0 Å². The minimum absolute atomic E-state index is 0.339. The van der Waals surface area contributed by atoms with Crippen LogP contribution in [0.4, 0.5) is 0 Å². The molecule has 90 valence electrons. The van der Waals surface area contributed by atoms with Crippen molar-refractivity contribution in [3.05, 3.63) is 35.1 Å². The molecule has 1 unspecified atom stereocenters. The molecule has 0 aliphatic rings. The highest BCUT2D eigenvalue weighted by atomic mass is 32.2. The van der Waals surface area contributed by atoms with Gasteiger partial charge >= 0.3 is 0 Å². The average Bonchev–Trinajstić information content (AvgIpc) is 2.73. The number of hydrogen-bond acceptors (Lipinski definition) is 3. The van der Waals surface area contributed by atoms with Crippen molar-refractivity contribution < 1.29 is 0 Å². The highest BCUT2D eigenvalue weighted by Gasteiger charge is 2.13. The SMILES string of the molecule is CSCC(C)n1c(-c2ccccc2)n[nH]c1=S. The van der Waals surface area contributed by atoms with Gasteiger partial charge < -0.3 is 0 Å². The Hall–Kier alpha value is -1.07. The quantitative estimate of drug-likeness (QED) is 0.859. The minimum Gasteiger partial charge on any atom is -0.296 e. The molecule has 1 atom stereocenters. The van der Waals surface area contributed by atoms with Crippen LogP contribution in [0.25, 0.3) is 11.4 Å². The molecule has 0 fully saturated rings. The van der Waals surface area contributed by atoms with Crippen molar-refractivity contribution in [1.82, 2.24) is 14.8 Å². The van der Waals surface area contributed by atoms with Crippen LogP contribution in [0.2, 0.25) is 0 Å². The fourth-order valence-electron chi connectivity index (χ4n) is 1.82. The summed E-state index contributed by atoms with van der Waals surface area (Å²) in [5.41, 5.74) is 1.09. The van der Waals surface area contributed by atoms with Gasteiger partial charge in [0.1, 0.15) is 0 Å². The Morgan fingerprint density at radius 3 is 2.76 bits per heavy atom. The van der Waals surface area contributed by atoms with Crippen molar-refractivity contribution in [2.24, 2.45) is 0 Å². The highest BCUT2D eigenvalue weighted by Crippen LogP contribution is 2.22. The van der Waals surface area contributed by atoms with E-state index in [2.05, 4.69) is 27.9 Å². The van der Waals surface area contributed by atoms with Gasteiger partial charge in [-0.25, -0.2) is 0 Å². The summed E-state index contributed by atoms with van der Waals surface area (Å²) < 4.78 is 2.77. The molecular weight excluding hydrogens is 250 g/mol. The van der Waals surface area contributed by atoms with Crippen LogP contribution < -0.4 is 0 Å². The van der Waals surface area contributed by atoms with Crippen LogP contribution in [0, 0.1) is 4.77 Å². The van der Waals surface area contributed by atoms with Gasteiger partial charge in [-0.3, -0.25) is 9.67 Å². The second-order valence-electron chi connectivity index (χ2n) is 3.89. The van der Waals surface area contributed by atoms with Crippen molar-refractivity contribution >= 4 is 24.0 Å². The summed E-state index contributed by atoms with van der Waals surface area (Å²) in [6.07, 6.45) is 2.10. The normalized spacial score (nSPS) is 12.6. The third-order valence-electron chi connectivity index (χ3n) is 2.59. The fraction of sp³-hybridized carbons (Fsp3) is 0.333. The van der Waals surface area contributed by atoms with Gasteiger partial charge in [-0.05, 0) is 25.4 Å². The maximum atomic E-state index is 5.30. The second kappa shape index (κ2) is 5.51. The summed E-state index contributed by atoms with van der Waals surface area (Å²) in [5, 5.41) is 7.21. The molecule has 2 aromatic rings. The molecule has 3 nitrogen and oxygen atoms in total. The van der Waals surface area contributed by atoms with E-state index < -0.39 is 0 Å². The Kier molecular flexibility index (Phi) is 4.02. The van der Waals surface area contributed by atoms with Gasteiger partial charge in [-0.2, -0.15) is 16.9 Å². The molecule has 1 aromatic heterocycles. The van der Waals surface area contributed by atoms with E-state index in [0.29, 0.717) is 10.8 Å². The van der Waals surface area contributed by atoms with Crippen molar-refractivity contribution in [2.45, 2.75) is 13.0 Å². The molecule has 5 heteroatoms. The number of thioether (sulfide) groups is 1. The minimum atomic E-state index is 0.339. The first-order chi connectivity index (χ1) is 8.24. The smallest absolute Gasteiger partial charge is 0.195 e. The van der Waals surface area contributed by atoms with E-state index >= 15 is 0 Å². The molecule has 0 radical (unpaired) electrons. The van der Waals surface area contributed by atoms with E-state index in [1.54, 1.807) is 0 Å². The molecule has 1 aromatic carbocycles. The van der Waals surface area contributed by atoms with Gasteiger partial charge in [-0.1, -0.05) is 30.3 Å². The lowest BCUT2D eigenvalue weighted by Crippen LogP contribution is -2.09. The molecule has 1 N–H and O–H groups in total. The third kappa shape index (κ3) is 2.61. The molecule has 2 rings (SSSR count). The monoisotopic (exact) mass is 265 g/mol. The van der Waals surface area contributed by atoms with Crippen LogP contribution in [-0.2, 0) is 0 Å². The molecule has 17 heavy (non-hydrogen) atoms. The molecule has 0 amide bonds. The number of aromatic nitrogens is 3. The molecule has 1 heterocycles. The van der Waals surface area contributed by atoms with Crippen molar-refractivity contribution in [1.29, 1.82) is 0 Å². The summed E-state index contributed by atoms with van der Waals surface area (Å²) in [7, 11) is 0. The van der Waals surface area contributed by atoms with E-state index in [1.165, 1.54) is 0 Å². The standard InChI is InChI=1S/C12H15N3S2/c1-9(8-17-2)15-11(13-14-12(15)16)10-6-4-3-5-7-10/h3-7,9H,8H2,1-2H3,(H,14,16). The zero-order valence-electron chi connectivity index (χ0n) is 9.88. The van der Waals surface area contributed by atoms with Gasteiger partial charge in [0.25, 0.3) is 0 Å². The first-order valence-corrected chi connectivity index (χ1v) is 7.25. The molecule has 0 spiro atoms. The summed E-state index contributed by atoms with van der Waals surface area (Å²) in [6, 6.07) is 10.5. The molecule has 0 bridgehead atoms. The molecule has 0 aliphatic heterocycles. The first-order valence-electron chi connectivity index (χ1n) is 5.45. The van der Waals surface area contributed by atoms with Crippen LogP contribution in [-0.4, -0.2) is 26.8 Å². The molecular formula is C12H15N3S2. The maximum Gasteiger partial charge on any atom is 0.195 e. The lowest BCUT2D eigenvalue weighted by Gasteiger charge is -2.14. The van der Waals surface area contributed by atoms with Crippen molar-refractivity contribution in [3.63, 3.8) is 0 Å². The zero-order chi connectivity index (χ0) is 12.3. The summed E-state index contributed by atoms with van der Waals surface area (Å²) in [6.45, 7) is 2.16. The van der Waals surface area contributed by atoms with E-state index in [4.69, 9.17) is 12.2 Å². The summed E-state index contributed by atoms with van der Waals surface area (Å²) in [5.74, 6) is 1.94. The lowest BCUT2D eigenvalue weighted by atomic mass is 10.2. The number of nitrogens with one attached hydrogen (secondary N) is 1. The highest BCUT2D eigenvalue weighted by molar-refractivity contribution is 7.98. The average molecular weight is 265 g/mol. The van der Waals surface area contributed by atoms with E-state index in [9.17, 15) is 0 Å². The Labute approximate surface area is 110 Å². The number of H-pyrrole nitrogens is 1. The molecule has 0 aliphatic carbocycles. The Bertz CT molecular complexity index is 530. The number of rotatable bonds is 4. The molecule has 0 saturated carbocycles. The third-order valence-corrected chi connectivity index (χ3v) is 3.69. The van der Waals surface area contributed by atoms with Crippen LogP contribution in [0.3, 0.4) is 0 Å². The number of benzene rings is 1. The summed E-state index contributed by atoms with van der Waals surface area (Å²) in [4.78, 5) is 0. The van der Waals surface area contributed by atoms with Crippen LogP contribution in [0.1, 0.15) is 13.0 Å². The van der Waals surface area contributed by atoms with Crippen LogP contribution in [0.15, 0.2) is 30.3 Å². The number of aromatic amines is 1. The fourth-order valence-corrected chi connectivity index (χ4v) is 2.76. The predicted molar refractivity (Wildman–Crippen MR) is 75.9 cm³/mol. The van der Waals surface area contributed by atoms with Crippen LogP contribution >= 0.6 is 24.0 Å². The van der Waals surface area contributed by atoms with E-state index in [-0.39, 0.29) is 0 Å². The largest absolute Gasteiger partial charge is 0.296 e. The lowest BCUT2D eigenvalue weighted by molar-refractivity contribution is 0.606. The van der Waals surface area contributed by atoms with E-state index in [0.717, 1.165) is 17.1 Å². The topological polar surface area (TPSA) is 33.6 Å². The van der Waals surface area contributed by atoms with Gasteiger partial charge in [-0.15, -0.1) is 0 Å². The van der Waals surface area contributed by atoms with Gasteiger partial charge in [0, 0.05) is 17.4 Å². The van der Waals surface area contributed by atoms with E-state index in [1.807, 2.05) is 42.1 Å². The van der Waals surface area contributed by atoms with Gasteiger partial charge in [0.05, 0.1) is 0 Å². The molecule has 0 saturated heterocycles. The first kappa shape index (κ1) is 12.4. The zero-order valence-corrected chi connectivity index (χ0v) is 11.5. The Morgan fingerprint density at radius 1 is 1.41 bits per heavy atom. The predicted octanol–water partition coefficient (Wildman–Crippen LogP) is 3.53. The Morgan fingerprint density at radius 2 is 2.12 bits per heavy atom. The Balaban J connectivity index is 2.46. The van der Waals surface area contributed by atoms with Crippen molar-refractivity contribution in [3.8, 4) is 11.4 Å².